The van der Waals surface area contributed by atoms with Gasteiger partial charge in [0.2, 0.25) is 0 Å². The molecule has 6 rings (SSSR count). The molecule has 0 saturated heterocycles. The van der Waals surface area contributed by atoms with Crippen LogP contribution in [0.1, 0.15) is 25.7 Å². The predicted molar refractivity (Wildman–Crippen MR) is 167 cm³/mol. The molecular weight excluding hydrogens is 496 g/mol. The molecule has 0 saturated carbocycles. The second-order valence-electron chi connectivity index (χ2n) is 10.0. The predicted octanol–water partition coefficient (Wildman–Crippen LogP) is 8.19. The topological polar surface area (TPSA) is 68.3 Å². The highest BCUT2D eigenvalue weighted by Crippen LogP contribution is 2.34. The zero-order valence-electron chi connectivity index (χ0n) is 23.0. The first kappa shape index (κ1) is 25.7. The lowest BCUT2D eigenvalue weighted by molar-refractivity contribution is 0.415. The maximum atomic E-state index is 5.43. The second-order valence-corrected chi connectivity index (χ2v) is 10.0. The molecule has 6 heteroatoms. The van der Waals surface area contributed by atoms with Gasteiger partial charge in [-0.15, -0.1) is 0 Å². The Balaban J connectivity index is 1.07. The number of para-hydroxylation sites is 2. The Hall–Kier alpha value is -4.58. The Bertz CT molecular complexity index is 1670. The van der Waals surface area contributed by atoms with E-state index in [0.717, 1.165) is 92.4 Å². The van der Waals surface area contributed by atoms with Crippen LogP contribution in [0.5, 0.6) is 11.5 Å². The summed E-state index contributed by atoms with van der Waals surface area (Å²) in [6, 6.07) is 28.9. The van der Waals surface area contributed by atoms with Crippen molar-refractivity contribution in [1.29, 1.82) is 0 Å². The first-order valence-electron chi connectivity index (χ1n) is 14.0. The molecule has 0 bridgehead atoms. The smallest absolute Gasteiger partial charge is 0.121 e. The fraction of sp³-hybridized carbons (Fsp3) is 0.235. The van der Waals surface area contributed by atoms with E-state index in [1.807, 2.05) is 36.4 Å². The molecular formula is C34H34N4O2. The SMILES string of the molecule is COc1ccc2c(NCCCCCCNc3c4ccccc4nc4cc(OC)ccc34)c3ccccc3nc2c1. The lowest BCUT2D eigenvalue weighted by Gasteiger charge is -2.15. The van der Waals surface area contributed by atoms with Crippen LogP contribution in [0.4, 0.5) is 11.4 Å². The van der Waals surface area contributed by atoms with Crippen LogP contribution in [-0.4, -0.2) is 37.3 Å². The average molecular weight is 531 g/mol. The fourth-order valence-electron chi connectivity index (χ4n) is 5.41. The maximum absolute atomic E-state index is 5.43. The van der Waals surface area contributed by atoms with Gasteiger partial charge in [-0.3, -0.25) is 0 Å². The van der Waals surface area contributed by atoms with Crippen LogP contribution in [-0.2, 0) is 0 Å². The van der Waals surface area contributed by atoms with Gasteiger partial charge < -0.3 is 20.1 Å². The van der Waals surface area contributed by atoms with Gasteiger partial charge in [-0.05, 0) is 49.2 Å². The lowest BCUT2D eigenvalue weighted by Crippen LogP contribution is -2.05. The quantitative estimate of drug-likeness (QED) is 0.130. The third kappa shape index (κ3) is 5.17. The van der Waals surface area contributed by atoms with E-state index in [1.165, 1.54) is 12.8 Å². The van der Waals surface area contributed by atoms with E-state index < -0.39 is 0 Å². The summed E-state index contributed by atoms with van der Waals surface area (Å²) in [7, 11) is 3.38. The molecule has 40 heavy (non-hydrogen) atoms. The number of anilines is 2. The summed E-state index contributed by atoms with van der Waals surface area (Å²) in [5.41, 5.74) is 6.18. The normalized spacial score (nSPS) is 11.3. The summed E-state index contributed by atoms with van der Waals surface area (Å²) in [5, 5.41) is 12.0. The number of methoxy groups -OCH3 is 2. The molecule has 202 valence electrons. The molecule has 0 atom stereocenters. The van der Waals surface area contributed by atoms with Crippen LogP contribution in [0, 0.1) is 0 Å². The van der Waals surface area contributed by atoms with E-state index >= 15 is 0 Å². The third-order valence-corrected chi connectivity index (χ3v) is 7.48. The monoisotopic (exact) mass is 530 g/mol. The van der Waals surface area contributed by atoms with Crippen molar-refractivity contribution in [2.24, 2.45) is 0 Å². The molecule has 4 aromatic carbocycles. The Labute approximate surface area is 234 Å². The first-order chi connectivity index (χ1) is 19.7. The summed E-state index contributed by atoms with van der Waals surface area (Å²) in [6.07, 6.45) is 4.54. The summed E-state index contributed by atoms with van der Waals surface area (Å²) in [4.78, 5) is 9.72. The highest BCUT2D eigenvalue weighted by molar-refractivity contribution is 6.08. The third-order valence-electron chi connectivity index (χ3n) is 7.48. The van der Waals surface area contributed by atoms with Crippen LogP contribution >= 0.6 is 0 Å². The van der Waals surface area contributed by atoms with Crippen LogP contribution in [0.15, 0.2) is 84.9 Å². The van der Waals surface area contributed by atoms with E-state index in [2.05, 4.69) is 59.2 Å². The van der Waals surface area contributed by atoms with E-state index in [4.69, 9.17) is 19.4 Å². The van der Waals surface area contributed by atoms with Gasteiger partial charge in [0.15, 0.2) is 0 Å². The van der Waals surface area contributed by atoms with Crippen molar-refractivity contribution in [3.05, 3.63) is 84.9 Å². The van der Waals surface area contributed by atoms with Crippen molar-refractivity contribution >= 4 is 55.0 Å². The van der Waals surface area contributed by atoms with Crippen molar-refractivity contribution in [2.75, 3.05) is 37.9 Å². The molecule has 0 aliphatic rings. The van der Waals surface area contributed by atoms with Gasteiger partial charge in [0.25, 0.3) is 0 Å². The van der Waals surface area contributed by atoms with Crippen LogP contribution in [0.2, 0.25) is 0 Å². The van der Waals surface area contributed by atoms with Gasteiger partial charge in [0.05, 0.1) is 47.7 Å². The molecule has 2 aromatic heterocycles. The Morgan fingerprint density at radius 2 is 0.925 bits per heavy atom. The number of nitrogens with zero attached hydrogens (tertiary/aromatic N) is 2. The number of rotatable bonds is 11. The number of benzene rings is 4. The minimum absolute atomic E-state index is 0.822. The van der Waals surface area contributed by atoms with Gasteiger partial charge in [-0.1, -0.05) is 49.2 Å². The molecule has 0 spiro atoms. The molecule has 0 radical (unpaired) electrons. The van der Waals surface area contributed by atoms with Crippen molar-refractivity contribution < 1.29 is 9.47 Å². The molecule has 6 nitrogen and oxygen atoms in total. The van der Waals surface area contributed by atoms with Gasteiger partial charge in [-0.25, -0.2) is 9.97 Å². The number of aromatic nitrogens is 2. The molecule has 0 aliphatic heterocycles. The molecule has 0 amide bonds. The largest absolute Gasteiger partial charge is 0.497 e. The molecule has 0 aliphatic carbocycles. The number of hydrogen-bond acceptors (Lipinski definition) is 6. The highest BCUT2D eigenvalue weighted by Gasteiger charge is 2.11. The second kappa shape index (κ2) is 11.7. The number of unbranched alkanes of at least 4 members (excludes halogenated alkanes) is 3. The highest BCUT2D eigenvalue weighted by atomic mass is 16.5. The number of nitrogens with one attached hydrogen (secondary N) is 2. The summed E-state index contributed by atoms with van der Waals surface area (Å²) >= 11 is 0. The fourth-order valence-corrected chi connectivity index (χ4v) is 5.41. The Morgan fingerprint density at radius 3 is 1.38 bits per heavy atom. The first-order valence-corrected chi connectivity index (χ1v) is 14.0. The zero-order chi connectivity index (χ0) is 27.3. The van der Waals surface area contributed by atoms with Crippen molar-refractivity contribution in [2.45, 2.75) is 25.7 Å². The van der Waals surface area contributed by atoms with E-state index in [-0.39, 0.29) is 0 Å². The Kier molecular flexibility index (Phi) is 7.49. The molecule has 2 heterocycles. The minimum atomic E-state index is 0.822. The molecule has 0 fully saturated rings. The summed E-state index contributed by atoms with van der Waals surface area (Å²) in [6.45, 7) is 1.84. The summed E-state index contributed by atoms with van der Waals surface area (Å²) < 4.78 is 10.9. The van der Waals surface area contributed by atoms with E-state index in [0.29, 0.717) is 0 Å². The van der Waals surface area contributed by atoms with Gasteiger partial charge >= 0.3 is 0 Å². The van der Waals surface area contributed by atoms with Crippen LogP contribution in [0.25, 0.3) is 43.6 Å². The van der Waals surface area contributed by atoms with Gasteiger partial charge in [0, 0.05) is 46.8 Å². The zero-order valence-corrected chi connectivity index (χ0v) is 23.0. The average Bonchev–Trinajstić information content (AvgIpc) is 3.00. The van der Waals surface area contributed by atoms with Crippen molar-refractivity contribution in [3.63, 3.8) is 0 Å². The molecule has 0 unspecified atom stereocenters. The van der Waals surface area contributed by atoms with Crippen LogP contribution in [0.3, 0.4) is 0 Å². The molecule has 6 aromatic rings. The number of ether oxygens (including phenoxy) is 2. The standard InChI is InChI=1S/C34H34N4O2/c1-39-23-15-17-27-31(21-23)37-29-13-7-5-11-25(29)33(27)35-19-9-3-4-10-20-36-34-26-12-6-8-14-30(26)38-32-22-24(40-2)16-18-28(32)34/h5-8,11-18,21-22H,3-4,9-10,19-20H2,1-2H3,(H,35,37)(H,36,38). The minimum Gasteiger partial charge on any atom is -0.497 e. The number of pyridine rings is 2. The van der Waals surface area contributed by atoms with E-state index in [1.54, 1.807) is 14.2 Å². The number of fused-ring (bicyclic) bond motifs is 4. The van der Waals surface area contributed by atoms with E-state index in [9.17, 15) is 0 Å². The Morgan fingerprint density at radius 1 is 0.500 bits per heavy atom. The van der Waals surface area contributed by atoms with Gasteiger partial charge in [-0.2, -0.15) is 0 Å². The maximum Gasteiger partial charge on any atom is 0.121 e. The van der Waals surface area contributed by atoms with Gasteiger partial charge in [0.1, 0.15) is 11.5 Å². The van der Waals surface area contributed by atoms with Crippen molar-refractivity contribution in [3.8, 4) is 11.5 Å². The lowest BCUT2D eigenvalue weighted by atomic mass is 10.1. The van der Waals surface area contributed by atoms with Crippen molar-refractivity contribution in [1.82, 2.24) is 9.97 Å². The number of hydrogen-bond donors (Lipinski definition) is 2. The van der Waals surface area contributed by atoms with Crippen LogP contribution < -0.4 is 20.1 Å². The summed E-state index contributed by atoms with van der Waals surface area (Å²) in [5.74, 6) is 1.64. The molecule has 2 N–H and O–H groups in total.